The molecule has 0 saturated heterocycles. The van der Waals surface area contributed by atoms with E-state index in [-0.39, 0.29) is 6.61 Å². The van der Waals surface area contributed by atoms with Gasteiger partial charge in [-0.1, -0.05) is 40.5 Å². The number of phosphoric acid groups is 1. The van der Waals surface area contributed by atoms with Gasteiger partial charge >= 0.3 is 7.82 Å². The fourth-order valence-electron chi connectivity index (χ4n) is 7.12. The van der Waals surface area contributed by atoms with Gasteiger partial charge in [-0.25, -0.2) is 4.57 Å². The van der Waals surface area contributed by atoms with Gasteiger partial charge in [-0.3, -0.25) is 4.52 Å². The topological polar surface area (TPSA) is 66.8 Å². The number of phosphoric ester groups is 1. The minimum absolute atomic E-state index is 0.184. The summed E-state index contributed by atoms with van der Waals surface area (Å²) in [6.07, 6.45) is 11.4. The molecule has 0 aromatic rings. The highest BCUT2D eigenvalue weighted by atomic mass is 31.2. The van der Waals surface area contributed by atoms with Crippen molar-refractivity contribution in [3.05, 3.63) is 0 Å². The van der Waals surface area contributed by atoms with Crippen LogP contribution in [0.5, 0.6) is 0 Å². The second kappa shape index (κ2) is 7.50. The molecule has 3 fully saturated rings. The summed E-state index contributed by atoms with van der Waals surface area (Å²) >= 11 is 0. The van der Waals surface area contributed by atoms with Gasteiger partial charge in [-0.05, 0) is 85.4 Å². The highest BCUT2D eigenvalue weighted by Gasteiger charge is 2.51. The van der Waals surface area contributed by atoms with Crippen molar-refractivity contribution in [2.75, 3.05) is 6.61 Å². The first-order chi connectivity index (χ1) is 12.0. The molecule has 5 heteroatoms. The van der Waals surface area contributed by atoms with Gasteiger partial charge in [0, 0.05) is 0 Å². The van der Waals surface area contributed by atoms with Crippen LogP contribution >= 0.6 is 7.82 Å². The molecular formula is C21H39O4P. The third-order valence-corrected chi connectivity index (χ3v) is 9.28. The minimum atomic E-state index is -4.34. The lowest BCUT2D eigenvalue weighted by molar-refractivity contribution is -0.0756. The molecule has 6 atom stereocenters. The number of hydrogen-bond acceptors (Lipinski definition) is 2. The zero-order chi connectivity index (χ0) is 19.2. The summed E-state index contributed by atoms with van der Waals surface area (Å²) in [6.45, 7) is 10.2. The number of fused-ring (bicyclic) bond motifs is 3. The van der Waals surface area contributed by atoms with Crippen LogP contribution in [0.2, 0.25) is 0 Å². The minimum Gasteiger partial charge on any atom is -0.303 e. The maximum atomic E-state index is 11.0. The van der Waals surface area contributed by atoms with Crippen LogP contribution in [0.3, 0.4) is 0 Å². The smallest absolute Gasteiger partial charge is 0.303 e. The lowest BCUT2D eigenvalue weighted by Gasteiger charge is -2.57. The molecule has 4 nitrogen and oxygen atoms in total. The predicted octanol–water partition coefficient (Wildman–Crippen LogP) is 5.78. The molecule has 152 valence electrons. The predicted molar refractivity (Wildman–Crippen MR) is 105 cm³/mol. The van der Waals surface area contributed by atoms with Crippen molar-refractivity contribution in [3.8, 4) is 0 Å². The molecule has 26 heavy (non-hydrogen) atoms. The summed E-state index contributed by atoms with van der Waals surface area (Å²) in [7, 11) is -4.34. The Morgan fingerprint density at radius 2 is 1.77 bits per heavy atom. The van der Waals surface area contributed by atoms with E-state index >= 15 is 0 Å². The summed E-state index contributed by atoms with van der Waals surface area (Å²) in [4.78, 5) is 18.0. The quantitative estimate of drug-likeness (QED) is 0.601. The van der Waals surface area contributed by atoms with Gasteiger partial charge in [-0.15, -0.1) is 0 Å². The fraction of sp³-hybridized carbons (Fsp3) is 1.00. The molecule has 0 radical (unpaired) electrons. The highest BCUT2D eigenvalue weighted by molar-refractivity contribution is 7.46. The monoisotopic (exact) mass is 386 g/mol. The lowest BCUT2D eigenvalue weighted by Crippen LogP contribution is -2.48. The Labute approximate surface area is 159 Å². The van der Waals surface area contributed by atoms with E-state index < -0.39 is 7.82 Å². The summed E-state index contributed by atoms with van der Waals surface area (Å²) in [6, 6.07) is 0. The fourth-order valence-corrected chi connectivity index (χ4v) is 7.46. The van der Waals surface area contributed by atoms with E-state index in [9.17, 15) is 4.57 Å². The molecule has 0 spiro atoms. The molecule has 0 amide bonds. The average Bonchev–Trinajstić information content (AvgIpc) is 2.50. The molecule has 3 aliphatic carbocycles. The van der Waals surface area contributed by atoms with Crippen LogP contribution in [0, 0.1) is 40.4 Å². The highest BCUT2D eigenvalue weighted by Crippen LogP contribution is 2.60. The van der Waals surface area contributed by atoms with Crippen LogP contribution < -0.4 is 0 Å². The number of rotatable bonds is 4. The first-order valence-corrected chi connectivity index (χ1v) is 12.3. The molecule has 2 N–H and O–H groups in total. The van der Waals surface area contributed by atoms with E-state index in [1.165, 1.54) is 51.4 Å². The molecular weight excluding hydrogens is 347 g/mol. The van der Waals surface area contributed by atoms with Crippen LogP contribution in [-0.4, -0.2) is 16.4 Å². The van der Waals surface area contributed by atoms with Crippen LogP contribution in [0.25, 0.3) is 0 Å². The molecule has 0 aromatic carbocycles. The van der Waals surface area contributed by atoms with Crippen LogP contribution in [0.15, 0.2) is 0 Å². The van der Waals surface area contributed by atoms with Crippen molar-refractivity contribution in [3.63, 3.8) is 0 Å². The standard InChI is InChI=1S/C21H39O4P/c1-15-6-5-11-21(4)12-9-18-16(10-13-25-26(22,23)24)7-8-17(14-19(15)21)20(18,2)3/h15-19H,5-14H2,1-4H3,(H2,22,23,24)/t15-,16+,17+,18+,19-,21+/m1/s1. The Bertz CT molecular complexity index is 542. The molecule has 3 rings (SSSR count). The van der Waals surface area contributed by atoms with E-state index in [1.54, 1.807) is 0 Å². The SMILES string of the molecule is C[C@@H]1CCC[C@@]2(C)CC[C@H]3[C@H](CCOP(=O)(O)O)CC[C@@H](C[C@H]12)C3(C)C. The van der Waals surface area contributed by atoms with E-state index in [0.29, 0.717) is 22.7 Å². The van der Waals surface area contributed by atoms with E-state index in [4.69, 9.17) is 14.3 Å². The van der Waals surface area contributed by atoms with E-state index in [0.717, 1.165) is 24.2 Å². The van der Waals surface area contributed by atoms with Gasteiger partial charge in [0.25, 0.3) is 0 Å². The summed E-state index contributed by atoms with van der Waals surface area (Å²) < 4.78 is 15.8. The molecule has 0 aromatic heterocycles. The van der Waals surface area contributed by atoms with Gasteiger partial charge in [0.15, 0.2) is 0 Å². The lowest BCUT2D eigenvalue weighted by atomic mass is 9.48. The number of hydrogen-bond donors (Lipinski definition) is 2. The second-order valence-electron chi connectivity index (χ2n) is 10.5. The van der Waals surface area contributed by atoms with Gasteiger partial charge in [-0.2, -0.15) is 0 Å². The van der Waals surface area contributed by atoms with Crippen LogP contribution in [-0.2, 0) is 9.09 Å². The van der Waals surface area contributed by atoms with Crippen molar-refractivity contribution in [1.82, 2.24) is 0 Å². The summed E-state index contributed by atoms with van der Waals surface area (Å²) in [5, 5.41) is 0. The molecule has 0 unspecified atom stereocenters. The summed E-state index contributed by atoms with van der Waals surface area (Å²) in [5.41, 5.74) is 0.818. The molecule has 2 bridgehead atoms. The molecule has 3 saturated carbocycles. The van der Waals surface area contributed by atoms with Gasteiger partial charge in [0.1, 0.15) is 0 Å². The molecule has 3 aliphatic rings. The zero-order valence-electron chi connectivity index (χ0n) is 17.1. The first-order valence-electron chi connectivity index (χ1n) is 10.7. The third-order valence-electron chi connectivity index (χ3n) is 8.77. The zero-order valence-corrected chi connectivity index (χ0v) is 18.0. The molecule has 0 aliphatic heterocycles. The van der Waals surface area contributed by atoms with Crippen LogP contribution in [0.1, 0.15) is 85.5 Å². The summed E-state index contributed by atoms with van der Waals surface area (Å²) in [5.74, 6) is 3.70. The maximum absolute atomic E-state index is 11.0. The van der Waals surface area contributed by atoms with Crippen LogP contribution in [0.4, 0.5) is 0 Å². The molecule has 0 heterocycles. The van der Waals surface area contributed by atoms with Crippen molar-refractivity contribution in [1.29, 1.82) is 0 Å². The Kier molecular flexibility index (Phi) is 6.01. The maximum Gasteiger partial charge on any atom is 0.469 e. The normalized spacial score (nSPS) is 43.2. The van der Waals surface area contributed by atoms with E-state index in [1.807, 2.05) is 0 Å². The van der Waals surface area contributed by atoms with Gasteiger partial charge in [0.2, 0.25) is 0 Å². The third kappa shape index (κ3) is 4.24. The Hall–Kier alpha value is 0.110. The van der Waals surface area contributed by atoms with Crippen molar-refractivity contribution in [2.24, 2.45) is 40.4 Å². The van der Waals surface area contributed by atoms with E-state index in [2.05, 4.69) is 27.7 Å². The van der Waals surface area contributed by atoms with Crippen molar-refractivity contribution in [2.45, 2.75) is 85.5 Å². The van der Waals surface area contributed by atoms with Gasteiger partial charge < -0.3 is 9.79 Å². The largest absolute Gasteiger partial charge is 0.469 e. The Morgan fingerprint density at radius 1 is 1.04 bits per heavy atom. The first kappa shape index (κ1) is 20.8. The average molecular weight is 387 g/mol. The second-order valence-corrected chi connectivity index (χ2v) is 11.7. The van der Waals surface area contributed by atoms with Crippen molar-refractivity contribution < 1.29 is 18.9 Å². The van der Waals surface area contributed by atoms with Gasteiger partial charge in [0.05, 0.1) is 6.61 Å². The Balaban J connectivity index is 1.75. The Morgan fingerprint density at radius 3 is 2.46 bits per heavy atom. The van der Waals surface area contributed by atoms with Crippen molar-refractivity contribution >= 4 is 7.82 Å².